The first kappa shape index (κ1) is 22.8. The molecule has 13 heavy (non-hydrogen) atoms. The summed E-state index contributed by atoms with van der Waals surface area (Å²) in [4.78, 5) is 8.89. The molecule has 0 heterocycles. The zero-order valence-corrected chi connectivity index (χ0v) is 10.3. The Kier molecular flexibility index (Phi) is 30.4. The minimum Gasteiger partial charge on any atom is -0.870 e. The molecule has 4 nitrogen and oxygen atoms in total. The van der Waals surface area contributed by atoms with E-state index in [1.807, 2.05) is 30.3 Å². The average molecular weight is 236 g/mol. The Morgan fingerprint density at radius 3 is 1.54 bits per heavy atom. The van der Waals surface area contributed by atoms with E-state index in [2.05, 4.69) is 6.07 Å². The molecule has 0 aliphatic carbocycles. The quantitative estimate of drug-likeness (QED) is 0.462. The fourth-order valence-corrected chi connectivity index (χ4v) is 0.342. The first-order valence-electron chi connectivity index (χ1n) is 2.82. The molecule has 0 aliphatic heterocycles. The summed E-state index contributed by atoms with van der Waals surface area (Å²) in [7, 11) is 0. The molecule has 1 rings (SSSR count). The summed E-state index contributed by atoms with van der Waals surface area (Å²) in [6, 6.07) is 12.5. The summed E-state index contributed by atoms with van der Waals surface area (Å²) >= 11 is 0. The molecule has 5 heteroatoms. The van der Waals surface area contributed by atoms with Crippen LogP contribution in [0.3, 0.4) is 0 Å². The molecule has 1 aromatic rings. The smallest absolute Gasteiger partial charge is 0.0383 e. The second-order valence-electron chi connectivity index (χ2n) is 1.57. The van der Waals surface area contributed by atoms with Gasteiger partial charge in [0.25, 0.3) is 0 Å². The Morgan fingerprint density at radius 2 is 1.46 bits per heavy atom. The molecular weight excluding hydrogens is 225 g/mol. The van der Waals surface area contributed by atoms with Crippen LogP contribution in [0.2, 0.25) is 0 Å². The van der Waals surface area contributed by atoms with Gasteiger partial charge in [0.05, 0.1) is 0 Å². The van der Waals surface area contributed by atoms with Crippen molar-refractivity contribution in [1.29, 1.82) is 0 Å². The van der Waals surface area contributed by atoms with Crippen molar-refractivity contribution in [3.63, 3.8) is 0 Å². The van der Waals surface area contributed by atoms with Gasteiger partial charge in [-0.15, -0.1) is 0 Å². The number of hydrogen-bond donors (Lipinski definition) is 0. The molecule has 0 aromatic heterocycles. The van der Waals surface area contributed by atoms with E-state index in [0.29, 0.717) is 0 Å². The third-order valence-corrected chi connectivity index (χ3v) is 0.607. The average Bonchev–Trinajstić information content (AvgIpc) is 1.90. The van der Waals surface area contributed by atoms with Gasteiger partial charge in [-0.2, -0.15) is 36.4 Å². The molecule has 72 valence electrons. The van der Waals surface area contributed by atoms with E-state index in [-0.39, 0.29) is 30.4 Å². The van der Waals surface area contributed by atoms with Crippen LogP contribution < -0.4 is 5.11 Å². The van der Waals surface area contributed by atoms with Crippen LogP contribution in [-0.4, -0.2) is 16.9 Å². The monoisotopic (exact) mass is 234 g/mol. The summed E-state index contributed by atoms with van der Waals surface area (Å²) in [5.74, 6) is -1.08. The van der Waals surface area contributed by atoms with Crippen molar-refractivity contribution in [3.8, 4) is 0 Å². The number of carboxylic acid groups (broad SMARTS) is 1. The van der Waals surface area contributed by atoms with Gasteiger partial charge < -0.3 is 20.9 Å². The predicted octanol–water partition coefficient (Wildman–Crippen LogP) is -0.113. The molecule has 0 saturated heterocycles. The van der Waals surface area contributed by atoms with E-state index in [0.717, 1.165) is 6.92 Å². The molecule has 0 saturated carbocycles. The number of aliphatic carboxylic acids is 1. The molecule has 0 radical (unpaired) electrons. The van der Waals surface area contributed by atoms with Crippen molar-refractivity contribution >= 4 is 5.97 Å². The summed E-state index contributed by atoms with van der Waals surface area (Å²) in [5, 5.41) is 8.89. The van der Waals surface area contributed by atoms with Crippen LogP contribution in [0.1, 0.15) is 6.92 Å². The molecule has 0 bridgehead atoms. The number of rotatable bonds is 0. The Morgan fingerprint density at radius 1 is 1.15 bits per heavy atom. The molecule has 2 N–H and O–H groups in total. The first-order valence-corrected chi connectivity index (χ1v) is 2.82. The van der Waals surface area contributed by atoms with Gasteiger partial charge in [-0.05, 0) is 6.92 Å². The molecule has 0 amide bonds. The Bertz CT molecular complexity index is 148. The molecular formula is C8H10O4Zn-4. The minimum absolute atomic E-state index is 0. The van der Waals surface area contributed by atoms with Crippen LogP contribution in [0.25, 0.3) is 0 Å². The van der Waals surface area contributed by atoms with Gasteiger partial charge in [0.15, 0.2) is 0 Å². The number of carbonyl (C=O) groups is 1. The predicted molar refractivity (Wildman–Crippen MR) is 39.8 cm³/mol. The van der Waals surface area contributed by atoms with Crippen molar-refractivity contribution in [3.05, 3.63) is 36.4 Å². The van der Waals surface area contributed by atoms with E-state index in [9.17, 15) is 0 Å². The van der Waals surface area contributed by atoms with Crippen molar-refractivity contribution in [2.24, 2.45) is 0 Å². The van der Waals surface area contributed by atoms with Crippen LogP contribution in [0, 0.1) is 6.07 Å². The summed E-state index contributed by atoms with van der Waals surface area (Å²) < 4.78 is 0. The fourth-order valence-electron chi connectivity index (χ4n) is 0.342. The standard InChI is InChI=1S/C6H5.C2H4O2.2H2O.Zn/c1-2-4-6-5-3-1;1-2(3)4;;;/h1-5H;1H3,(H,3,4);2*1H2;/q-1;;;;/p-3. The minimum atomic E-state index is -1.08. The molecule has 0 atom stereocenters. The van der Waals surface area contributed by atoms with E-state index < -0.39 is 5.97 Å². The van der Waals surface area contributed by atoms with Gasteiger partial charge in [0.1, 0.15) is 0 Å². The second kappa shape index (κ2) is 17.4. The van der Waals surface area contributed by atoms with Gasteiger partial charge in [0.2, 0.25) is 0 Å². The topological polar surface area (TPSA) is 100 Å². The second-order valence-corrected chi connectivity index (χ2v) is 1.57. The molecule has 0 unspecified atom stereocenters. The normalized spacial score (nSPS) is 5.62. The van der Waals surface area contributed by atoms with Crippen molar-refractivity contribution in [2.75, 3.05) is 0 Å². The third-order valence-electron chi connectivity index (χ3n) is 0.607. The summed E-state index contributed by atoms with van der Waals surface area (Å²) in [6.45, 7) is 0.972. The number of carboxylic acids is 1. The summed E-state index contributed by atoms with van der Waals surface area (Å²) in [6.07, 6.45) is 0. The fraction of sp³-hybridized carbons (Fsp3) is 0.125. The third kappa shape index (κ3) is 35.0. The van der Waals surface area contributed by atoms with E-state index >= 15 is 0 Å². The zero-order valence-electron chi connectivity index (χ0n) is 7.30. The molecule has 1 aromatic carbocycles. The Balaban J connectivity index is -0.0000000536. The van der Waals surface area contributed by atoms with Crippen molar-refractivity contribution in [1.82, 2.24) is 0 Å². The number of benzene rings is 1. The molecule has 0 aliphatic rings. The van der Waals surface area contributed by atoms with Crippen LogP contribution in [0.4, 0.5) is 0 Å². The van der Waals surface area contributed by atoms with Gasteiger partial charge in [0, 0.05) is 25.4 Å². The van der Waals surface area contributed by atoms with Crippen LogP contribution in [0.5, 0.6) is 0 Å². The van der Waals surface area contributed by atoms with Crippen LogP contribution >= 0.6 is 0 Å². The SMILES string of the molecule is CC(=O)[O-].[OH-].[OH-].[Zn].[c-]1ccccc1. The van der Waals surface area contributed by atoms with E-state index in [4.69, 9.17) is 9.90 Å². The van der Waals surface area contributed by atoms with Gasteiger partial charge in [-0.3, -0.25) is 0 Å². The van der Waals surface area contributed by atoms with Gasteiger partial charge in [-0.1, -0.05) is 0 Å². The zero-order chi connectivity index (χ0) is 7.82. The van der Waals surface area contributed by atoms with Crippen molar-refractivity contribution < 1.29 is 40.3 Å². The first-order chi connectivity index (χ1) is 4.73. The van der Waals surface area contributed by atoms with E-state index in [1.165, 1.54) is 0 Å². The summed E-state index contributed by atoms with van der Waals surface area (Å²) in [5.41, 5.74) is 0. The van der Waals surface area contributed by atoms with Crippen molar-refractivity contribution in [2.45, 2.75) is 6.92 Å². The molecule has 0 fully saturated rings. The number of hydrogen-bond acceptors (Lipinski definition) is 4. The largest absolute Gasteiger partial charge is 0.870 e. The van der Waals surface area contributed by atoms with Gasteiger partial charge in [-0.25, -0.2) is 0 Å². The maximum atomic E-state index is 8.89. The molecule has 0 spiro atoms. The maximum Gasteiger partial charge on any atom is 0.0383 e. The van der Waals surface area contributed by atoms with Gasteiger partial charge >= 0.3 is 0 Å². The Labute approximate surface area is 90.0 Å². The van der Waals surface area contributed by atoms with E-state index in [1.54, 1.807) is 0 Å². The number of carbonyl (C=O) groups excluding carboxylic acids is 1. The maximum absolute atomic E-state index is 8.89. The van der Waals surface area contributed by atoms with Crippen LogP contribution in [0.15, 0.2) is 30.3 Å². The van der Waals surface area contributed by atoms with Crippen LogP contribution in [-0.2, 0) is 24.3 Å². The Hall–Kier alpha value is -0.767.